The molecular formula is C25H24N2O4. The number of ether oxygens (including phenoxy) is 1. The number of benzene rings is 3. The van der Waals surface area contributed by atoms with E-state index in [1.165, 1.54) is 0 Å². The average molecular weight is 416 g/mol. The zero-order valence-corrected chi connectivity index (χ0v) is 17.0. The smallest absolute Gasteiger partial charge is 0.329 e. The second-order valence-electron chi connectivity index (χ2n) is 6.95. The van der Waals surface area contributed by atoms with Crippen LogP contribution in [0.15, 0.2) is 91.0 Å². The summed E-state index contributed by atoms with van der Waals surface area (Å²) in [4.78, 5) is 37.3. The molecule has 0 heterocycles. The highest BCUT2D eigenvalue weighted by Gasteiger charge is 2.24. The van der Waals surface area contributed by atoms with Gasteiger partial charge in [-0.05, 0) is 23.3 Å². The van der Waals surface area contributed by atoms with Gasteiger partial charge in [-0.2, -0.15) is 0 Å². The Balaban J connectivity index is 1.58. The van der Waals surface area contributed by atoms with Gasteiger partial charge in [-0.3, -0.25) is 9.59 Å². The quantitative estimate of drug-likeness (QED) is 0.526. The maximum Gasteiger partial charge on any atom is 0.329 e. The number of rotatable bonds is 9. The van der Waals surface area contributed by atoms with Crippen LogP contribution in [0.4, 0.5) is 0 Å². The molecule has 3 rings (SSSR count). The van der Waals surface area contributed by atoms with Crippen LogP contribution in [0.3, 0.4) is 0 Å². The molecule has 0 spiro atoms. The Morgan fingerprint density at radius 1 is 0.742 bits per heavy atom. The number of carbonyl (C=O) groups excluding carboxylic acids is 3. The molecule has 0 bridgehead atoms. The topological polar surface area (TPSA) is 84.5 Å². The van der Waals surface area contributed by atoms with Gasteiger partial charge in [0, 0.05) is 18.5 Å². The molecule has 2 amide bonds. The molecule has 31 heavy (non-hydrogen) atoms. The van der Waals surface area contributed by atoms with Crippen LogP contribution in [0.25, 0.3) is 0 Å². The van der Waals surface area contributed by atoms with Crippen molar-refractivity contribution in [1.82, 2.24) is 10.6 Å². The van der Waals surface area contributed by atoms with E-state index in [1.54, 1.807) is 30.3 Å². The molecule has 0 aromatic heterocycles. The van der Waals surface area contributed by atoms with Crippen molar-refractivity contribution in [3.8, 4) is 0 Å². The predicted molar refractivity (Wildman–Crippen MR) is 117 cm³/mol. The van der Waals surface area contributed by atoms with E-state index < -0.39 is 24.5 Å². The highest BCUT2D eigenvalue weighted by molar-refractivity contribution is 5.97. The Morgan fingerprint density at radius 3 is 1.90 bits per heavy atom. The molecule has 0 aliphatic heterocycles. The van der Waals surface area contributed by atoms with Gasteiger partial charge < -0.3 is 15.4 Å². The van der Waals surface area contributed by atoms with Crippen molar-refractivity contribution in [3.63, 3.8) is 0 Å². The van der Waals surface area contributed by atoms with Gasteiger partial charge in [0.15, 0.2) is 6.61 Å². The maximum absolute atomic E-state index is 12.7. The molecule has 6 heteroatoms. The van der Waals surface area contributed by atoms with Gasteiger partial charge in [-0.25, -0.2) is 4.79 Å². The van der Waals surface area contributed by atoms with Gasteiger partial charge in [0.1, 0.15) is 6.04 Å². The molecule has 158 valence electrons. The van der Waals surface area contributed by atoms with Gasteiger partial charge in [-0.15, -0.1) is 0 Å². The van der Waals surface area contributed by atoms with Crippen molar-refractivity contribution < 1.29 is 19.1 Å². The Bertz CT molecular complexity index is 992. The molecule has 1 atom stereocenters. The summed E-state index contributed by atoms with van der Waals surface area (Å²) in [7, 11) is 0. The van der Waals surface area contributed by atoms with Crippen molar-refractivity contribution in [2.45, 2.75) is 19.0 Å². The maximum atomic E-state index is 12.7. The van der Waals surface area contributed by atoms with Gasteiger partial charge in [0.05, 0.1) is 0 Å². The first-order valence-corrected chi connectivity index (χ1v) is 9.99. The van der Waals surface area contributed by atoms with Crippen LogP contribution in [-0.2, 0) is 27.3 Å². The molecule has 2 N–H and O–H groups in total. The van der Waals surface area contributed by atoms with E-state index in [9.17, 15) is 14.4 Å². The Morgan fingerprint density at radius 2 is 1.29 bits per heavy atom. The SMILES string of the molecule is O=C(COC(=O)[C@@H](Cc1ccccc1)NC(=O)c1ccccc1)NCc1ccccc1. The van der Waals surface area contributed by atoms with Crippen molar-refractivity contribution in [2.75, 3.05) is 6.61 Å². The molecule has 0 saturated carbocycles. The molecule has 0 saturated heterocycles. The molecule has 3 aromatic rings. The highest BCUT2D eigenvalue weighted by atomic mass is 16.5. The molecule has 0 aliphatic rings. The summed E-state index contributed by atoms with van der Waals surface area (Å²) in [6.07, 6.45) is 0.254. The number of esters is 1. The van der Waals surface area contributed by atoms with Crippen LogP contribution < -0.4 is 10.6 Å². The minimum atomic E-state index is -0.919. The lowest BCUT2D eigenvalue weighted by molar-refractivity contribution is -0.150. The minimum absolute atomic E-state index is 0.254. The molecular weight excluding hydrogens is 392 g/mol. The third-order valence-electron chi connectivity index (χ3n) is 4.59. The third-order valence-corrected chi connectivity index (χ3v) is 4.59. The lowest BCUT2D eigenvalue weighted by Gasteiger charge is -2.18. The van der Waals surface area contributed by atoms with E-state index in [4.69, 9.17) is 4.74 Å². The largest absolute Gasteiger partial charge is 0.454 e. The average Bonchev–Trinajstić information content (AvgIpc) is 2.82. The van der Waals surface area contributed by atoms with E-state index in [1.807, 2.05) is 60.7 Å². The second-order valence-corrected chi connectivity index (χ2v) is 6.95. The first kappa shape index (κ1) is 21.8. The fraction of sp³-hybridized carbons (Fsp3) is 0.160. The van der Waals surface area contributed by atoms with E-state index in [0.29, 0.717) is 12.1 Å². The van der Waals surface area contributed by atoms with Gasteiger partial charge in [0.25, 0.3) is 11.8 Å². The van der Waals surface area contributed by atoms with E-state index >= 15 is 0 Å². The van der Waals surface area contributed by atoms with Crippen molar-refractivity contribution in [3.05, 3.63) is 108 Å². The van der Waals surface area contributed by atoms with E-state index in [-0.39, 0.29) is 12.3 Å². The van der Waals surface area contributed by atoms with Gasteiger partial charge in [-0.1, -0.05) is 78.9 Å². The Kier molecular flexibility index (Phi) is 7.94. The van der Waals surface area contributed by atoms with Crippen molar-refractivity contribution >= 4 is 17.8 Å². The molecule has 0 unspecified atom stereocenters. The molecule has 6 nitrogen and oxygen atoms in total. The number of carbonyl (C=O) groups is 3. The summed E-state index contributed by atoms with van der Waals surface area (Å²) < 4.78 is 5.20. The first-order chi connectivity index (χ1) is 15.1. The highest BCUT2D eigenvalue weighted by Crippen LogP contribution is 2.07. The van der Waals surface area contributed by atoms with E-state index in [0.717, 1.165) is 11.1 Å². The molecule has 3 aromatic carbocycles. The van der Waals surface area contributed by atoms with Crippen LogP contribution >= 0.6 is 0 Å². The minimum Gasteiger partial charge on any atom is -0.454 e. The fourth-order valence-electron chi connectivity index (χ4n) is 2.96. The van der Waals surface area contributed by atoms with Crippen LogP contribution in [-0.4, -0.2) is 30.4 Å². The van der Waals surface area contributed by atoms with Crippen molar-refractivity contribution in [1.29, 1.82) is 0 Å². The molecule has 0 radical (unpaired) electrons. The Labute approximate surface area is 181 Å². The second kappa shape index (κ2) is 11.3. The first-order valence-electron chi connectivity index (χ1n) is 9.99. The predicted octanol–water partition coefficient (Wildman–Crippen LogP) is 2.89. The standard InChI is InChI=1S/C25H24N2O4/c28-23(26-17-20-12-6-2-7-13-20)18-31-25(30)22(16-19-10-4-1-5-11-19)27-24(29)21-14-8-3-9-15-21/h1-15,22H,16-18H2,(H,26,28)(H,27,29)/t22-/m1/s1. The lowest BCUT2D eigenvalue weighted by Crippen LogP contribution is -2.44. The number of hydrogen-bond acceptors (Lipinski definition) is 4. The van der Waals surface area contributed by atoms with Crippen LogP contribution in [0.2, 0.25) is 0 Å². The summed E-state index contributed by atoms with van der Waals surface area (Å²) >= 11 is 0. The zero-order chi connectivity index (χ0) is 21.9. The van der Waals surface area contributed by atoms with Gasteiger partial charge in [0.2, 0.25) is 0 Å². The summed E-state index contributed by atoms with van der Waals surface area (Å²) in [5.74, 6) is -1.46. The zero-order valence-electron chi connectivity index (χ0n) is 17.0. The van der Waals surface area contributed by atoms with Crippen LogP contribution in [0.5, 0.6) is 0 Å². The molecule has 0 aliphatic carbocycles. The number of amides is 2. The fourth-order valence-corrected chi connectivity index (χ4v) is 2.96. The van der Waals surface area contributed by atoms with Crippen LogP contribution in [0.1, 0.15) is 21.5 Å². The third kappa shape index (κ3) is 7.12. The van der Waals surface area contributed by atoms with E-state index in [2.05, 4.69) is 10.6 Å². The molecule has 0 fully saturated rings. The van der Waals surface area contributed by atoms with Crippen molar-refractivity contribution in [2.24, 2.45) is 0 Å². The number of nitrogens with one attached hydrogen (secondary N) is 2. The summed E-state index contributed by atoms with van der Waals surface area (Å²) in [5, 5.41) is 5.42. The summed E-state index contributed by atoms with van der Waals surface area (Å²) in [6, 6.07) is 26.4. The summed E-state index contributed by atoms with van der Waals surface area (Å²) in [6.45, 7) is -0.0758. The van der Waals surface area contributed by atoms with Crippen LogP contribution in [0, 0.1) is 0 Å². The Hall–Kier alpha value is -3.93. The van der Waals surface area contributed by atoms with Gasteiger partial charge >= 0.3 is 5.97 Å². The monoisotopic (exact) mass is 416 g/mol. The lowest BCUT2D eigenvalue weighted by atomic mass is 10.1. The number of hydrogen-bond donors (Lipinski definition) is 2. The summed E-state index contributed by atoms with van der Waals surface area (Å²) in [5.41, 5.74) is 2.25. The normalized spacial score (nSPS) is 11.2.